The van der Waals surface area contributed by atoms with E-state index in [1.807, 2.05) is 0 Å². The molecule has 0 N–H and O–H groups in total. The normalized spacial score (nSPS) is 14.0. The number of aryl methyl sites for hydroxylation is 4. The van der Waals surface area contributed by atoms with Crippen molar-refractivity contribution in [3.63, 3.8) is 0 Å². The van der Waals surface area contributed by atoms with Crippen molar-refractivity contribution >= 4 is 78.6 Å². The van der Waals surface area contributed by atoms with E-state index in [1.165, 1.54) is 117 Å². The van der Waals surface area contributed by atoms with E-state index in [2.05, 4.69) is 223 Å². The second-order valence-electron chi connectivity index (χ2n) is 24.2. The van der Waals surface area contributed by atoms with Crippen LogP contribution in [0.2, 0.25) is 0 Å². The van der Waals surface area contributed by atoms with Gasteiger partial charge in [0.2, 0.25) is 0 Å². The van der Waals surface area contributed by atoms with E-state index in [1.54, 1.807) is 0 Å². The summed E-state index contributed by atoms with van der Waals surface area (Å²) in [5, 5.41) is 4.95. The highest BCUT2D eigenvalue weighted by molar-refractivity contribution is 6.90. The number of hydrogen-bond acceptors (Lipinski definition) is 2. The van der Waals surface area contributed by atoms with Crippen LogP contribution in [0.1, 0.15) is 128 Å². The predicted molar refractivity (Wildman–Crippen MR) is 286 cm³/mol. The van der Waals surface area contributed by atoms with Gasteiger partial charge in [0, 0.05) is 60.8 Å². The summed E-state index contributed by atoms with van der Waals surface area (Å²) in [4.78, 5) is 2.64. The molecule has 3 nitrogen and oxygen atoms in total. The maximum Gasteiger partial charge on any atom is 0.333 e. The molecule has 66 heavy (non-hydrogen) atoms. The fraction of sp³-hybridized carbons (Fsp3) is 0.323. The Kier molecular flexibility index (Phi) is 8.90. The summed E-state index contributed by atoms with van der Waals surface area (Å²) in [5.41, 5.74) is 26.0. The van der Waals surface area contributed by atoms with Crippen molar-refractivity contribution in [3.8, 4) is 22.3 Å². The number of anilines is 3. The molecule has 7 aromatic carbocycles. The van der Waals surface area contributed by atoms with Crippen LogP contribution in [0.25, 0.3) is 66.0 Å². The maximum absolute atomic E-state index is 7.23. The standard InChI is InChI=1S/C62H65BN2O/c1-34-17-22-53-45(25-34)47-33-52-56-55(58(47)66-53)48-32-42(62(14,15)16)31-46-44-30-39(59(5,6)7)19-21-50(44)65(57(46)48)63(56)49-20-18-38(54-36(3)23-35(2)24-37(54)4)26-51(49)64(52)43-28-40(60(8,9)10)27-41(29-43)61(11,12)13/h17-33H,1-16H3. The van der Waals surface area contributed by atoms with Crippen LogP contribution in [0, 0.1) is 27.7 Å². The van der Waals surface area contributed by atoms with Crippen molar-refractivity contribution in [2.24, 2.45) is 0 Å². The Morgan fingerprint density at radius 1 is 0.470 bits per heavy atom. The van der Waals surface area contributed by atoms with Crippen molar-refractivity contribution in [2.45, 2.75) is 132 Å². The third-order valence-corrected chi connectivity index (χ3v) is 15.0. The maximum atomic E-state index is 7.23. The van der Waals surface area contributed by atoms with Gasteiger partial charge in [-0.05, 0) is 165 Å². The van der Waals surface area contributed by atoms with Crippen molar-refractivity contribution < 1.29 is 4.42 Å². The van der Waals surface area contributed by atoms with Crippen molar-refractivity contribution in [2.75, 3.05) is 4.90 Å². The first-order valence-electron chi connectivity index (χ1n) is 24.2. The van der Waals surface area contributed by atoms with Gasteiger partial charge in [-0.3, -0.25) is 0 Å². The average Bonchev–Trinajstić information content (AvgIpc) is 3.75. The van der Waals surface area contributed by atoms with Gasteiger partial charge >= 0.3 is 6.85 Å². The quantitative estimate of drug-likeness (QED) is 0.161. The van der Waals surface area contributed by atoms with Gasteiger partial charge in [0.15, 0.2) is 0 Å². The lowest BCUT2D eigenvalue weighted by molar-refractivity contribution is 0.569. The molecule has 0 aliphatic carbocycles. The Labute approximate surface area is 392 Å². The van der Waals surface area contributed by atoms with Crippen LogP contribution >= 0.6 is 0 Å². The monoisotopic (exact) mass is 865 g/mol. The number of rotatable bonds is 2. The van der Waals surface area contributed by atoms with E-state index in [9.17, 15) is 0 Å². The Bertz CT molecular complexity index is 3510. The fourth-order valence-corrected chi connectivity index (χ4v) is 11.5. The number of furan rings is 1. The lowest BCUT2D eigenvalue weighted by Crippen LogP contribution is -2.56. The van der Waals surface area contributed by atoms with Gasteiger partial charge in [0.05, 0.1) is 0 Å². The molecule has 0 atom stereocenters. The summed E-state index contributed by atoms with van der Waals surface area (Å²) in [5.74, 6) is 0. The van der Waals surface area contributed by atoms with E-state index in [0.29, 0.717) is 0 Å². The summed E-state index contributed by atoms with van der Waals surface area (Å²) in [6.45, 7) is 37.0. The molecule has 0 fully saturated rings. The van der Waals surface area contributed by atoms with E-state index in [0.717, 1.165) is 21.9 Å². The molecular weight excluding hydrogens is 800 g/mol. The Morgan fingerprint density at radius 2 is 1.09 bits per heavy atom. The molecule has 0 bridgehead atoms. The molecule has 0 amide bonds. The van der Waals surface area contributed by atoms with Crippen molar-refractivity contribution in [1.82, 2.24) is 4.48 Å². The summed E-state index contributed by atoms with van der Waals surface area (Å²) >= 11 is 0. The molecule has 2 aliphatic heterocycles. The first kappa shape index (κ1) is 42.6. The molecule has 0 saturated carbocycles. The zero-order chi connectivity index (χ0) is 46.9. The molecule has 4 heterocycles. The van der Waals surface area contributed by atoms with Crippen molar-refractivity contribution in [3.05, 3.63) is 148 Å². The topological polar surface area (TPSA) is 21.3 Å². The summed E-state index contributed by atoms with van der Waals surface area (Å²) < 4.78 is 9.94. The van der Waals surface area contributed by atoms with Crippen LogP contribution in [-0.2, 0) is 21.7 Å². The Balaban J connectivity index is 1.37. The minimum atomic E-state index is -0.115. The third-order valence-electron chi connectivity index (χ3n) is 15.0. The first-order valence-corrected chi connectivity index (χ1v) is 24.2. The van der Waals surface area contributed by atoms with Gasteiger partial charge in [-0.25, -0.2) is 0 Å². The fourth-order valence-electron chi connectivity index (χ4n) is 11.5. The average molecular weight is 865 g/mol. The van der Waals surface area contributed by atoms with E-state index in [-0.39, 0.29) is 28.5 Å². The zero-order valence-corrected chi connectivity index (χ0v) is 42.2. The molecule has 0 saturated heterocycles. The molecule has 9 aromatic rings. The van der Waals surface area contributed by atoms with Crippen LogP contribution in [0.15, 0.2) is 108 Å². The molecule has 2 aromatic heterocycles. The molecule has 0 spiro atoms. The van der Waals surface area contributed by atoms with Gasteiger partial charge in [-0.1, -0.05) is 137 Å². The number of fused-ring (bicyclic) bond motifs is 11. The van der Waals surface area contributed by atoms with Gasteiger partial charge < -0.3 is 13.8 Å². The molecule has 0 unspecified atom stereocenters. The summed E-state index contributed by atoms with van der Waals surface area (Å²) in [6.07, 6.45) is 0. The highest BCUT2D eigenvalue weighted by Gasteiger charge is 2.45. The second-order valence-corrected chi connectivity index (χ2v) is 24.2. The lowest BCUT2D eigenvalue weighted by Gasteiger charge is -2.41. The van der Waals surface area contributed by atoms with E-state index >= 15 is 0 Å². The minimum absolute atomic E-state index is 0.00392. The van der Waals surface area contributed by atoms with Crippen LogP contribution in [0.4, 0.5) is 17.1 Å². The Morgan fingerprint density at radius 3 is 1.73 bits per heavy atom. The Hall–Kier alpha value is -6.00. The lowest BCUT2D eigenvalue weighted by atomic mass is 9.45. The van der Waals surface area contributed by atoms with Crippen LogP contribution in [0.3, 0.4) is 0 Å². The van der Waals surface area contributed by atoms with E-state index < -0.39 is 0 Å². The van der Waals surface area contributed by atoms with Crippen LogP contribution in [-0.4, -0.2) is 11.3 Å². The largest absolute Gasteiger partial charge is 0.455 e. The molecule has 4 heteroatoms. The number of benzene rings is 7. The highest BCUT2D eigenvalue weighted by Crippen LogP contribution is 2.52. The molecule has 0 radical (unpaired) electrons. The number of aromatic nitrogens is 1. The minimum Gasteiger partial charge on any atom is -0.455 e. The number of nitrogens with zero attached hydrogens (tertiary/aromatic N) is 2. The molecule has 2 aliphatic rings. The van der Waals surface area contributed by atoms with Crippen LogP contribution in [0.5, 0.6) is 0 Å². The SMILES string of the molecule is Cc1cc(C)c(-c2ccc3c(c2)N(c2cc(C(C)(C)C)cc(C(C)(C)C)c2)c2cc4c(oc5ccc(C)cc54)c4c2B3n2c3ccc(C(C)(C)C)cc3c3cc(C(C)(C)C)cc-4c32)c(C)c1. The zero-order valence-electron chi connectivity index (χ0n) is 42.2. The first-order chi connectivity index (χ1) is 30.9. The molecular formula is C62H65BN2O. The van der Waals surface area contributed by atoms with Gasteiger partial charge in [-0.15, -0.1) is 0 Å². The highest BCUT2D eigenvalue weighted by atomic mass is 16.3. The molecule has 11 rings (SSSR count). The summed E-state index contributed by atoms with van der Waals surface area (Å²) in [7, 11) is 0. The van der Waals surface area contributed by atoms with Gasteiger partial charge in [0.25, 0.3) is 0 Å². The molecule has 332 valence electrons. The van der Waals surface area contributed by atoms with Crippen LogP contribution < -0.4 is 15.8 Å². The van der Waals surface area contributed by atoms with Crippen molar-refractivity contribution in [1.29, 1.82) is 0 Å². The third kappa shape index (κ3) is 6.30. The van der Waals surface area contributed by atoms with Gasteiger partial charge in [0.1, 0.15) is 11.2 Å². The number of hydrogen-bond donors (Lipinski definition) is 0. The summed E-state index contributed by atoms with van der Waals surface area (Å²) in [6, 6.07) is 41.0. The predicted octanol–water partition coefficient (Wildman–Crippen LogP) is 16.2. The van der Waals surface area contributed by atoms with Gasteiger partial charge in [-0.2, -0.15) is 0 Å². The smallest absolute Gasteiger partial charge is 0.333 e. The second kappa shape index (κ2) is 13.8. The van der Waals surface area contributed by atoms with E-state index in [4.69, 9.17) is 4.42 Å².